The van der Waals surface area contributed by atoms with Crippen molar-refractivity contribution in [2.45, 2.75) is 194 Å². The number of ether oxygens (including phenoxy) is 3. The van der Waals surface area contributed by atoms with E-state index >= 15 is 0 Å². The number of carbonyl (C=O) groups excluding carboxylic acids is 10. The average Bonchev–Trinajstić information content (AvgIpc) is 3.14. The minimum Gasteiger partial charge on any atom is -0.460 e. The number of esters is 2. The van der Waals surface area contributed by atoms with E-state index in [4.69, 9.17) is 14.2 Å². The van der Waals surface area contributed by atoms with E-state index in [1.807, 2.05) is 38.1 Å². The second-order valence-electron chi connectivity index (χ2n) is 17.0. The van der Waals surface area contributed by atoms with Crippen molar-refractivity contribution in [2.75, 3.05) is 0 Å². The van der Waals surface area contributed by atoms with Crippen molar-refractivity contribution < 1.29 is 62.2 Å². The number of carbonyl (C=O) groups is 9. The summed E-state index contributed by atoms with van der Waals surface area (Å²) in [5.41, 5.74) is 4.63. The van der Waals surface area contributed by atoms with Crippen LogP contribution in [0.5, 0.6) is 0 Å². The highest BCUT2D eigenvalue weighted by atomic mass is 16.7. The topological polar surface area (TPSA) is 198 Å². The standard InChI is InChI=1S/C13H16O2.C9H12.C8H14O3.C7H10O3.C7H12O2.C4H4O2.C3H6O.C3H8/c1-10-3-5-12(6-4-10)7-8-13(15)9-11(2)14;1-3-9-6-4-8(2)5-7-9;1-6(9)5-7(10)11-8(2,3)4;1-5-4-6(8)10-7(2,3)9-5;1-3-4-7(9)5-6(2)8;1-4(6)2-3-5;1-3(2)4;1-3-2/h3-6H,7-9H2,1-2H3;4-7H,3H2,1-2H3;5H2,1-4H3;4H,1-3H3;3-5H2,1-2H3;2H,1H3;1-2H3;3H2,1-2H3. The fraction of sp³-hybridized carbons (Fsp3) is 0.537. The minimum atomic E-state index is -0.796. The number of hydrogen-bond donors (Lipinski definition) is 0. The predicted molar refractivity (Wildman–Crippen MR) is 265 cm³/mol. The number of ketones is 7. The SMILES string of the molecule is CC(=O)C=C=O.CC(=O)CC(=O)CCc1ccc(C)cc1.CC(=O)CC(=O)OC(C)(C)C.CC(C)=O.CC1=CC(=O)OC(C)(C)O1.CCC.CCCC(=O)CC(C)=O.CCc1ccc(C)cc1. The second-order valence-corrected chi connectivity index (χ2v) is 17.0. The molecular weight excluding hydrogens is 857 g/mol. The fourth-order valence-electron chi connectivity index (χ4n) is 4.41. The number of hydrogen-bond acceptors (Lipinski definition) is 13. The Labute approximate surface area is 401 Å². The molecule has 0 bridgehead atoms. The van der Waals surface area contributed by atoms with Crippen molar-refractivity contribution in [1.82, 2.24) is 0 Å². The van der Waals surface area contributed by atoms with Gasteiger partial charge in [0, 0.05) is 26.7 Å². The zero-order valence-electron chi connectivity index (χ0n) is 43.9. The maximum Gasteiger partial charge on any atom is 0.337 e. The molecule has 13 heteroatoms. The Bertz CT molecular complexity index is 1860. The van der Waals surface area contributed by atoms with Crippen molar-refractivity contribution in [2.24, 2.45) is 0 Å². The summed E-state index contributed by atoms with van der Waals surface area (Å²) in [7, 11) is 0. The van der Waals surface area contributed by atoms with Crippen LogP contribution < -0.4 is 0 Å². The number of Topliss-reactive ketones (excluding diaryl/α,β-unsaturated/α-hetero) is 6. The van der Waals surface area contributed by atoms with E-state index in [1.54, 1.807) is 41.5 Å². The third-order valence-electron chi connectivity index (χ3n) is 6.91. The van der Waals surface area contributed by atoms with Crippen molar-refractivity contribution >= 4 is 58.4 Å². The average molecular weight is 939 g/mol. The maximum atomic E-state index is 11.3. The zero-order valence-corrected chi connectivity index (χ0v) is 43.9. The first-order valence-corrected chi connectivity index (χ1v) is 22.4. The van der Waals surface area contributed by atoms with Gasteiger partial charge >= 0.3 is 11.9 Å². The largest absolute Gasteiger partial charge is 0.460 e. The van der Waals surface area contributed by atoms with Crippen LogP contribution in [-0.2, 0) is 75.0 Å². The molecule has 0 unspecified atom stereocenters. The van der Waals surface area contributed by atoms with E-state index in [0.29, 0.717) is 18.6 Å². The Morgan fingerprint density at radius 3 is 1.31 bits per heavy atom. The molecule has 0 aromatic heterocycles. The molecule has 13 nitrogen and oxygen atoms in total. The summed E-state index contributed by atoms with van der Waals surface area (Å²) in [6, 6.07) is 16.8. The molecule has 0 radical (unpaired) electrons. The van der Waals surface area contributed by atoms with Gasteiger partial charge in [-0.2, -0.15) is 0 Å². The molecule has 1 aliphatic heterocycles. The molecule has 0 aliphatic carbocycles. The monoisotopic (exact) mass is 939 g/mol. The summed E-state index contributed by atoms with van der Waals surface area (Å²) in [5, 5.41) is 0. The fourth-order valence-corrected chi connectivity index (χ4v) is 4.41. The first-order chi connectivity index (χ1) is 30.8. The lowest BCUT2D eigenvalue weighted by atomic mass is 10.0. The van der Waals surface area contributed by atoms with E-state index in [1.165, 1.54) is 76.7 Å². The molecule has 0 spiro atoms. The molecule has 0 saturated heterocycles. The van der Waals surface area contributed by atoms with Gasteiger partial charge in [0.1, 0.15) is 58.4 Å². The smallest absolute Gasteiger partial charge is 0.337 e. The predicted octanol–water partition coefficient (Wildman–Crippen LogP) is 10.8. The summed E-state index contributed by atoms with van der Waals surface area (Å²) >= 11 is 0. The summed E-state index contributed by atoms with van der Waals surface area (Å²) in [5.74, 6) is 0.0975. The van der Waals surface area contributed by atoms with Crippen LogP contribution >= 0.6 is 0 Å². The minimum absolute atomic E-state index is 0.0306. The lowest BCUT2D eigenvalue weighted by Crippen LogP contribution is -2.33. The van der Waals surface area contributed by atoms with Gasteiger partial charge in [-0.25, -0.2) is 9.59 Å². The molecule has 2 aromatic rings. The number of allylic oxidation sites excluding steroid dienone is 2. The van der Waals surface area contributed by atoms with Crippen molar-refractivity contribution in [3.63, 3.8) is 0 Å². The quantitative estimate of drug-likeness (QED) is 0.0796. The molecule has 0 N–H and O–H groups in total. The molecule has 67 heavy (non-hydrogen) atoms. The van der Waals surface area contributed by atoms with Crippen LogP contribution in [0.1, 0.15) is 178 Å². The molecule has 2 aromatic carbocycles. The number of benzene rings is 2. The maximum absolute atomic E-state index is 11.3. The molecule has 376 valence electrons. The van der Waals surface area contributed by atoms with Gasteiger partial charge in [-0.3, -0.25) is 33.6 Å². The lowest BCUT2D eigenvalue weighted by molar-refractivity contribution is -0.204. The molecular formula is C54H82O13. The second kappa shape index (κ2) is 41.5. The highest BCUT2D eigenvalue weighted by Crippen LogP contribution is 2.20. The Kier molecular flexibility index (Phi) is 43.4. The molecule has 0 saturated carbocycles. The molecule has 1 heterocycles. The van der Waals surface area contributed by atoms with E-state index in [9.17, 15) is 47.9 Å². The third kappa shape index (κ3) is 60.1. The van der Waals surface area contributed by atoms with Crippen molar-refractivity contribution in [1.29, 1.82) is 0 Å². The number of rotatable bonds is 13. The van der Waals surface area contributed by atoms with Crippen molar-refractivity contribution in [3.05, 3.63) is 88.7 Å². The highest BCUT2D eigenvalue weighted by Gasteiger charge is 2.28. The first kappa shape index (κ1) is 70.1. The molecule has 3 rings (SSSR count). The Balaban J connectivity index is -0.000000227. The van der Waals surface area contributed by atoms with Gasteiger partial charge in [0.05, 0.1) is 25.0 Å². The Morgan fingerprint density at radius 1 is 0.642 bits per heavy atom. The highest BCUT2D eigenvalue weighted by molar-refractivity contribution is 5.98. The number of aryl methyl sites for hydroxylation is 4. The van der Waals surface area contributed by atoms with E-state index < -0.39 is 17.4 Å². The Hall–Kier alpha value is -5.94. The molecule has 0 fully saturated rings. The number of cyclic esters (lactones) is 1. The summed E-state index contributed by atoms with van der Waals surface area (Å²) in [4.78, 5) is 103. The van der Waals surface area contributed by atoms with Crippen LogP contribution in [0.3, 0.4) is 0 Å². The Morgan fingerprint density at radius 2 is 1.03 bits per heavy atom. The van der Waals surface area contributed by atoms with E-state index in [-0.39, 0.29) is 65.7 Å². The van der Waals surface area contributed by atoms with Gasteiger partial charge in [0.15, 0.2) is 5.78 Å². The summed E-state index contributed by atoms with van der Waals surface area (Å²) in [6.45, 7) is 31.5. The van der Waals surface area contributed by atoms with Crippen LogP contribution in [0.25, 0.3) is 0 Å². The van der Waals surface area contributed by atoms with Gasteiger partial charge in [-0.15, -0.1) is 0 Å². The van der Waals surface area contributed by atoms with Gasteiger partial charge in [-0.1, -0.05) is 93.8 Å². The van der Waals surface area contributed by atoms with E-state index in [0.717, 1.165) is 30.9 Å². The normalized spacial score (nSPS) is 11.1. The van der Waals surface area contributed by atoms with Gasteiger partial charge < -0.3 is 19.0 Å². The van der Waals surface area contributed by atoms with Gasteiger partial charge in [0.25, 0.3) is 0 Å². The van der Waals surface area contributed by atoms with Crippen LogP contribution in [0.2, 0.25) is 0 Å². The van der Waals surface area contributed by atoms with Crippen molar-refractivity contribution in [3.8, 4) is 0 Å². The summed E-state index contributed by atoms with van der Waals surface area (Å²) in [6.07, 6.45) is 7.20. The van der Waals surface area contributed by atoms with Crippen LogP contribution in [0, 0.1) is 13.8 Å². The van der Waals surface area contributed by atoms with Gasteiger partial charge in [0.2, 0.25) is 5.79 Å². The zero-order chi connectivity index (χ0) is 53.3. The van der Waals surface area contributed by atoms with Crippen LogP contribution in [0.15, 0.2) is 66.4 Å². The summed E-state index contributed by atoms with van der Waals surface area (Å²) < 4.78 is 14.9. The van der Waals surface area contributed by atoms with Crippen LogP contribution in [-0.4, -0.2) is 69.8 Å². The third-order valence-corrected chi connectivity index (χ3v) is 6.91. The molecule has 0 amide bonds. The molecule has 1 aliphatic rings. The van der Waals surface area contributed by atoms with E-state index in [2.05, 4.69) is 52.0 Å². The van der Waals surface area contributed by atoms with Crippen LogP contribution in [0.4, 0.5) is 0 Å². The molecule has 0 atom stereocenters. The lowest BCUT2D eigenvalue weighted by Gasteiger charge is -2.29. The van der Waals surface area contributed by atoms with Gasteiger partial charge in [-0.05, 0) is 113 Å². The first-order valence-electron chi connectivity index (χ1n) is 22.4.